The first-order chi connectivity index (χ1) is 42.4. The monoisotopic (exact) mass is 1280 g/mol. The van der Waals surface area contributed by atoms with Gasteiger partial charge in [-0.05, 0) is 96.6 Å². The van der Waals surface area contributed by atoms with E-state index < -0.39 is 132 Å². The van der Waals surface area contributed by atoms with E-state index in [0.29, 0.717) is 11.3 Å². The number of hydrogen-bond donors (Lipinski definition) is 20. The zero-order valence-corrected chi connectivity index (χ0v) is 52.6. The number of H-pyrrole nitrogens is 1. The van der Waals surface area contributed by atoms with Crippen molar-refractivity contribution in [2.75, 3.05) is 38.5 Å². The second-order valence-electron chi connectivity index (χ2n) is 21.6. The highest BCUT2D eigenvalue weighted by atomic mass is 32.1. The number of thiol groups is 1. The van der Waals surface area contributed by atoms with Gasteiger partial charge >= 0.3 is 0 Å². The number of nitrogens with zero attached hydrogens (tertiary/aromatic N) is 3. The van der Waals surface area contributed by atoms with Gasteiger partial charge in [0.15, 0.2) is 17.9 Å². The molecule has 34 nitrogen and oxygen atoms in total. The minimum absolute atomic E-state index is 0.0207. The van der Waals surface area contributed by atoms with Crippen LogP contribution >= 0.6 is 12.6 Å². The lowest BCUT2D eigenvalue weighted by atomic mass is 10.0. The number of amides is 12. The number of aromatic nitrogens is 1. The second kappa shape index (κ2) is 40.2. The molecule has 0 bridgehead atoms. The lowest BCUT2D eigenvalue weighted by molar-refractivity contribution is -0.135. The lowest BCUT2D eigenvalue weighted by Crippen LogP contribution is -2.59. The summed E-state index contributed by atoms with van der Waals surface area (Å²) in [6.07, 6.45) is 1.21. The van der Waals surface area contributed by atoms with Crippen molar-refractivity contribution in [2.45, 2.75) is 160 Å². The maximum absolute atomic E-state index is 14.1. The standard InChI is InChI=1S/C55H92N22O12S/c1-28(2)24-40(52(89)75-38(16-11-21-66-55(61)62)51(88)76-39(17-18-41(56)78)49(86)72-29(3)44(81)63-22-23-90)77-46(83)31(5)70-43(80)27-68-48(85)36(14-9-19-64-53(57)58)74-50(87)37(15-10-20-65-54(59)60)73-47(84)32(6)71-45(82)30(4)69-42(79)25-33-26-67-35-13-8-7-12-34(33)35/h7-8,12-13,26,28-32,36-40,67,90H,9-11,14-25,27H2,1-6H3,(H2,56,78)(H,63,81)(H,68,85)(H,69,79)(H,70,80)(H,71,82)(H,72,86)(H,73,84)(H,74,87)(H,75,89)(H,76,88)(H,77,83)(H4,57,58,64)(H4,59,60,65)(H4,61,62,66)/t29-,30-,31-,32-,36-,37-,38-,39-,40-/m0/s1. The summed E-state index contributed by atoms with van der Waals surface area (Å²) in [4.78, 5) is 175. The quantitative estimate of drug-likeness (QED) is 0.0127. The molecule has 1 aromatic carbocycles. The molecule has 0 fully saturated rings. The van der Waals surface area contributed by atoms with Crippen LogP contribution in [0.3, 0.4) is 0 Å². The number of carbonyl (C=O) groups is 12. The van der Waals surface area contributed by atoms with E-state index in [4.69, 9.17) is 40.1 Å². The van der Waals surface area contributed by atoms with Crippen LogP contribution in [0.25, 0.3) is 10.9 Å². The van der Waals surface area contributed by atoms with E-state index in [-0.39, 0.29) is 114 Å². The van der Waals surface area contributed by atoms with Gasteiger partial charge in [0.2, 0.25) is 70.9 Å². The third kappa shape index (κ3) is 30.0. The molecule has 35 heteroatoms. The van der Waals surface area contributed by atoms with E-state index >= 15 is 0 Å². The molecule has 26 N–H and O–H groups in total. The van der Waals surface area contributed by atoms with Gasteiger partial charge in [-0.15, -0.1) is 0 Å². The van der Waals surface area contributed by atoms with E-state index in [0.717, 1.165) is 10.9 Å². The molecule has 0 aliphatic rings. The van der Waals surface area contributed by atoms with Gasteiger partial charge < -0.3 is 104 Å². The van der Waals surface area contributed by atoms with E-state index in [2.05, 4.69) is 91.1 Å². The third-order valence-corrected chi connectivity index (χ3v) is 13.5. The van der Waals surface area contributed by atoms with Crippen molar-refractivity contribution in [3.63, 3.8) is 0 Å². The average molecular weight is 1290 g/mol. The zero-order chi connectivity index (χ0) is 67.6. The Morgan fingerprint density at radius 2 is 0.867 bits per heavy atom. The van der Waals surface area contributed by atoms with Crippen molar-refractivity contribution in [1.29, 1.82) is 0 Å². The topological polar surface area (TPSA) is 572 Å². The van der Waals surface area contributed by atoms with Gasteiger partial charge in [-0.2, -0.15) is 12.6 Å². The number of para-hydroxylation sites is 1. The summed E-state index contributed by atoms with van der Waals surface area (Å²) in [5, 5.41) is 28.8. The fraction of sp³-hybridized carbons (Fsp3) is 0.582. The molecule has 0 saturated carbocycles. The molecule has 0 spiro atoms. The van der Waals surface area contributed by atoms with Crippen molar-refractivity contribution < 1.29 is 57.5 Å². The first-order valence-corrected chi connectivity index (χ1v) is 29.9. The Balaban J connectivity index is 2.24. The van der Waals surface area contributed by atoms with Gasteiger partial charge in [-0.1, -0.05) is 32.0 Å². The fourth-order valence-corrected chi connectivity index (χ4v) is 8.67. The Hall–Kier alpha value is -9.44. The van der Waals surface area contributed by atoms with E-state index in [1.165, 1.54) is 27.7 Å². The largest absolute Gasteiger partial charge is 0.370 e. The van der Waals surface area contributed by atoms with Crippen LogP contribution in [0.5, 0.6) is 0 Å². The number of primary amides is 1. The highest BCUT2D eigenvalue weighted by molar-refractivity contribution is 7.80. The van der Waals surface area contributed by atoms with E-state index in [1.54, 1.807) is 20.0 Å². The number of benzene rings is 1. The molecule has 0 unspecified atom stereocenters. The third-order valence-electron chi connectivity index (χ3n) is 13.3. The van der Waals surface area contributed by atoms with Crippen LogP contribution < -0.4 is 98.6 Å². The van der Waals surface area contributed by atoms with Gasteiger partial charge in [0.1, 0.15) is 54.4 Å². The summed E-state index contributed by atoms with van der Waals surface area (Å²) in [6, 6.07) is -4.16. The Morgan fingerprint density at radius 1 is 0.467 bits per heavy atom. The van der Waals surface area contributed by atoms with Gasteiger partial charge in [0.25, 0.3) is 0 Å². The van der Waals surface area contributed by atoms with Crippen molar-refractivity contribution in [2.24, 2.45) is 61.0 Å². The minimum Gasteiger partial charge on any atom is -0.370 e. The van der Waals surface area contributed by atoms with Crippen molar-refractivity contribution in [1.82, 2.24) is 63.5 Å². The number of rotatable bonds is 41. The van der Waals surface area contributed by atoms with Crippen molar-refractivity contribution in [3.05, 3.63) is 36.0 Å². The highest BCUT2D eigenvalue weighted by Crippen LogP contribution is 2.18. The molecule has 0 aliphatic carbocycles. The molecule has 500 valence electrons. The lowest BCUT2D eigenvalue weighted by Gasteiger charge is -2.27. The molecule has 0 saturated heterocycles. The molecule has 12 amide bonds. The van der Waals surface area contributed by atoms with Crippen LogP contribution in [0.15, 0.2) is 45.4 Å². The summed E-state index contributed by atoms with van der Waals surface area (Å²) in [6.45, 7) is 8.57. The first-order valence-electron chi connectivity index (χ1n) is 29.3. The van der Waals surface area contributed by atoms with Crippen molar-refractivity contribution >= 4 is 112 Å². The van der Waals surface area contributed by atoms with Gasteiger partial charge in [-0.3, -0.25) is 72.5 Å². The molecule has 9 atom stereocenters. The summed E-state index contributed by atoms with van der Waals surface area (Å²) in [5.74, 6) is -9.94. The molecule has 2 rings (SSSR count). The molecule has 1 heterocycles. The molecule has 2 aromatic rings. The first kappa shape index (κ1) is 76.7. The average Bonchev–Trinajstić information content (AvgIpc) is 4.04. The van der Waals surface area contributed by atoms with E-state index in [9.17, 15) is 57.5 Å². The number of aromatic amines is 1. The molecular formula is C55H92N22O12S. The van der Waals surface area contributed by atoms with Crippen LogP contribution in [-0.2, 0) is 64.0 Å². The van der Waals surface area contributed by atoms with Crippen molar-refractivity contribution in [3.8, 4) is 0 Å². The smallest absolute Gasteiger partial charge is 0.243 e. The van der Waals surface area contributed by atoms with Gasteiger partial charge in [0, 0.05) is 55.5 Å². The number of carbonyl (C=O) groups excluding carboxylic acids is 12. The molecule has 0 radical (unpaired) electrons. The number of nitrogens with two attached hydrogens (primary N) is 7. The molecule has 90 heavy (non-hydrogen) atoms. The normalized spacial score (nSPS) is 13.9. The van der Waals surface area contributed by atoms with Crippen LogP contribution in [0.4, 0.5) is 0 Å². The number of guanidine groups is 3. The second-order valence-corrected chi connectivity index (χ2v) is 22.0. The van der Waals surface area contributed by atoms with Gasteiger partial charge in [0.05, 0.1) is 13.0 Å². The molecular weight excluding hydrogens is 1190 g/mol. The summed E-state index contributed by atoms with van der Waals surface area (Å²) in [5.41, 5.74) is 39.8. The number of hydrogen-bond acceptors (Lipinski definition) is 16. The van der Waals surface area contributed by atoms with Crippen LogP contribution in [0.1, 0.15) is 105 Å². The Kier molecular flexibility index (Phi) is 34.2. The summed E-state index contributed by atoms with van der Waals surface area (Å²) >= 11 is 4.05. The van der Waals surface area contributed by atoms with Crippen LogP contribution in [0, 0.1) is 5.92 Å². The Morgan fingerprint density at radius 3 is 1.36 bits per heavy atom. The zero-order valence-electron chi connectivity index (χ0n) is 51.7. The maximum atomic E-state index is 14.1. The fourth-order valence-electron chi connectivity index (χ4n) is 8.56. The SMILES string of the molecule is CC(C)C[C@H](NC(=O)[C@H](C)NC(=O)CNC(=O)[C@H](CCCN=C(N)N)NC(=O)[C@H](CCCN=C(N)N)NC(=O)[C@H](C)NC(=O)[C@H](C)NC(=O)Cc1c[nH]c2ccccc12)C(=O)N[C@@H](CCCN=C(N)N)C(=O)N[C@@H](CCC(N)=O)C(=O)N[C@@H](C)C(=O)NCCS. The Labute approximate surface area is 527 Å². The van der Waals surface area contributed by atoms with E-state index in [1.807, 2.05) is 24.3 Å². The minimum atomic E-state index is -1.41. The van der Waals surface area contributed by atoms with Gasteiger partial charge in [-0.25, -0.2) is 0 Å². The molecule has 1 aromatic heterocycles. The maximum Gasteiger partial charge on any atom is 0.243 e. The number of nitrogens with one attached hydrogen (secondary N) is 12. The Bertz CT molecular complexity index is 2870. The van der Waals surface area contributed by atoms with Crippen LogP contribution in [-0.4, -0.2) is 187 Å². The van der Waals surface area contributed by atoms with Crippen LogP contribution in [0.2, 0.25) is 0 Å². The summed E-state index contributed by atoms with van der Waals surface area (Å²) < 4.78 is 0. The predicted molar refractivity (Wildman–Crippen MR) is 340 cm³/mol. The predicted octanol–water partition coefficient (Wildman–Crippen LogP) is -6.21. The molecule has 0 aliphatic heterocycles. The number of aliphatic imine (C=N–C) groups is 3. The number of fused-ring (bicyclic) bond motifs is 1. The highest BCUT2D eigenvalue weighted by Gasteiger charge is 2.33. The summed E-state index contributed by atoms with van der Waals surface area (Å²) in [7, 11) is 0.